The van der Waals surface area contributed by atoms with Crippen LogP contribution in [0.3, 0.4) is 0 Å². The second kappa shape index (κ2) is 7.33. The Balaban J connectivity index is 2.28. The van der Waals surface area contributed by atoms with E-state index in [9.17, 15) is 0 Å². The monoisotopic (exact) mass is 318 g/mol. The molecule has 0 radical (unpaired) electrons. The van der Waals surface area contributed by atoms with Crippen LogP contribution in [-0.2, 0) is 0 Å². The molecule has 0 atom stereocenters. The summed E-state index contributed by atoms with van der Waals surface area (Å²) in [6.45, 7) is 2.63. The molecule has 2 aromatic carbocycles. The fourth-order valence-corrected chi connectivity index (χ4v) is 2.94. The van der Waals surface area contributed by atoms with E-state index >= 15 is 0 Å². The first kappa shape index (κ1) is 15.7. The van der Waals surface area contributed by atoms with Gasteiger partial charge in [0.15, 0.2) is 0 Å². The zero-order chi connectivity index (χ0) is 15.2. The van der Waals surface area contributed by atoms with Crippen molar-refractivity contribution in [3.8, 4) is 5.75 Å². The summed E-state index contributed by atoms with van der Waals surface area (Å²) in [5.41, 5.74) is 8.63. The summed E-state index contributed by atoms with van der Waals surface area (Å²) < 4.78 is 5.44. The predicted molar refractivity (Wildman–Crippen MR) is 95.0 cm³/mol. The van der Waals surface area contributed by atoms with Crippen molar-refractivity contribution in [2.24, 2.45) is 5.73 Å². The molecule has 0 amide bonds. The molecule has 2 aromatic rings. The van der Waals surface area contributed by atoms with Crippen LogP contribution in [0.25, 0.3) is 0 Å². The normalized spacial score (nSPS) is 10.2. The van der Waals surface area contributed by atoms with Gasteiger partial charge in [0, 0.05) is 21.8 Å². The molecule has 21 heavy (non-hydrogen) atoms. The molecule has 2 rings (SSSR count). The molecule has 0 spiro atoms. The first-order valence-corrected chi connectivity index (χ1v) is 8.25. The second-order valence-electron chi connectivity index (χ2n) is 4.33. The first-order chi connectivity index (χ1) is 10.2. The van der Waals surface area contributed by atoms with Crippen molar-refractivity contribution < 1.29 is 4.74 Å². The Labute approximate surface area is 134 Å². The molecule has 3 nitrogen and oxygen atoms in total. The third kappa shape index (κ3) is 3.89. The quantitative estimate of drug-likeness (QED) is 0.618. The van der Waals surface area contributed by atoms with Gasteiger partial charge in [-0.2, -0.15) is 0 Å². The molecule has 0 aliphatic heterocycles. The molecule has 0 fully saturated rings. The van der Waals surface area contributed by atoms with Gasteiger partial charge in [-0.05, 0) is 49.6 Å². The van der Waals surface area contributed by atoms with Crippen LogP contribution in [0.4, 0.5) is 11.4 Å². The summed E-state index contributed by atoms with van der Waals surface area (Å²) in [4.78, 5) is 1.46. The van der Waals surface area contributed by atoms with Gasteiger partial charge in [-0.25, -0.2) is 0 Å². The molecule has 0 bridgehead atoms. The standard InChI is InChI=1S/C16H18N2OS2/c1-3-19-12-9-7-11(8-10-12)18-13-5-4-6-14(21-2)15(13)16(17)20/h4-10,18H,3H2,1-2H3,(H2,17,20). The smallest absolute Gasteiger partial charge is 0.119 e. The minimum atomic E-state index is 0.397. The molecule has 0 aromatic heterocycles. The lowest BCUT2D eigenvalue weighted by Crippen LogP contribution is -2.13. The van der Waals surface area contributed by atoms with Crippen LogP contribution in [0.2, 0.25) is 0 Å². The van der Waals surface area contributed by atoms with Gasteiger partial charge in [-0.1, -0.05) is 18.3 Å². The fraction of sp³-hybridized carbons (Fsp3) is 0.188. The fourth-order valence-electron chi connectivity index (χ4n) is 2.02. The van der Waals surface area contributed by atoms with E-state index in [-0.39, 0.29) is 0 Å². The molecule has 0 saturated heterocycles. The van der Waals surface area contributed by atoms with E-state index in [1.54, 1.807) is 11.8 Å². The number of rotatable bonds is 6. The molecule has 110 valence electrons. The van der Waals surface area contributed by atoms with Gasteiger partial charge in [0.05, 0.1) is 6.61 Å². The third-order valence-electron chi connectivity index (χ3n) is 2.94. The number of ether oxygens (including phenoxy) is 1. The van der Waals surface area contributed by atoms with Crippen LogP contribution in [0.15, 0.2) is 47.4 Å². The summed E-state index contributed by atoms with van der Waals surface area (Å²) in [7, 11) is 0. The molecule has 0 aliphatic carbocycles. The number of thiocarbonyl (C=S) groups is 1. The highest BCUT2D eigenvalue weighted by atomic mass is 32.2. The van der Waals surface area contributed by atoms with Crippen molar-refractivity contribution in [2.75, 3.05) is 18.2 Å². The van der Waals surface area contributed by atoms with Crippen molar-refractivity contribution in [1.29, 1.82) is 0 Å². The van der Waals surface area contributed by atoms with Crippen molar-refractivity contribution in [3.05, 3.63) is 48.0 Å². The van der Waals surface area contributed by atoms with Crippen molar-refractivity contribution in [2.45, 2.75) is 11.8 Å². The summed E-state index contributed by atoms with van der Waals surface area (Å²) >= 11 is 6.81. The van der Waals surface area contributed by atoms with E-state index in [2.05, 4.69) is 5.32 Å². The highest BCUT2D eigenvalue weighted by Gasteiger charge is 2.10. The molecule has 0 saturated carbocycles. The maximum atomic E-state index is 5.87. The maximum absolute atomic E-state index is 5.87. The van der Waals surface area contributed by atoms with Gasteiger partial charge in [0.1, 0.15) is 10.7 Å². The van der Waals surface area contributed by atoms with Gasteiger partial charge in [0.25, 0.3) is 0 Å². The Morgan fingerprint density at radius 2 is 1.95 bits per heavy atom. The molecule has 3 N–H and O–H groups in total. The summed E-state index contributed by atoms with van der Waals surface area (Å²) in [6.07, 6.45) is 2.01. The van der Waals surface area contributed by atoms with Crippen molar-refractivity contribution >= 4 is 40.3 Å². The molecule has 0 heterocycles. The topological polar surface area (TPSA) is 47.3 Å². The van der Waals surface area contributed by atoms with E-state index in [0.29, 0.717) is 11.6 Å². The van der Waals surface area contributed by atoms with E-state index in [1.165, 1.54) is 0 Å². The third-order valence-corrected chi connectivity index (χ3v) is 3.92. The number of thioether (sulfide) groups is 1. The molecule has 0 unspecified atom stereocenters. The van der Waals surface area contributed by atoms with E-state index in [0.717, 1.165) is 27.6 Å². The summed E-state index contributed by atoms with van der Waals surface area (Å²) in [6, 6.07) is 13.8. The van der Waals surface area contributed by atoms with E-state index in [1.807, 2.05) is 55.6 Å². The first-order valence-electron chi connectivity index (χ1n) is 6.62. The number of anilines is 2. The zero-order valence-electron chi connectivity index (χ0n) is 12.1. The molecule has 0 aliphatic rings. The number of hydrogen-bond donors (Lipinski definition) is 2. The van der Waals surface area contributed by atoms with Crippen LogP contribution in [-0.4, -0.2) is 17.9 Å². The molecular formula is C16H18N2OS2. The van der Waals surface area contributed by atoms with Crippen molar-refractivity contribution in [1.82, 2.24) is 0 Å². The Morgan fingerprint density at radius 3 is 2.52 bits per heavy atom. The van der Waals surface area contributed by atoms with Crippen molar-refractivity contribution in [3.63, 3.8) is 0 Å². The van der Waals surface area contributed by atoms with Gasteiger partial charge in [-0.15, -0.1) is 11.8 Å². The number of hydrogen-bond acceptors (Lipinski definition) is 4. The highest BCUT2D eigenvalue weighted by Crippen LogP contribution is 2.29. The zero-order valence-corrected chi connectivity index (χ0v) is 13.7. The maximum Gasteiger partial charge on any atom is 0.119 e. The van der Waals surface area contributed by atoms with E-state index in [4.69, 9.17) is 22.7 Å². The van der Waals surface area contributed by atoms with Crippen LogP contribution in [0, 0.1) is 0 Å². The number of benzene rings is 2. The van der Waals surface area contributed by atoms with Gasteiger partial charge in [0.2, 0.25) is 0 Å². The molecule has 5 heteroatoms. The Hall–Kier alpha value is -1.72. The Bertz CT molecular complexity index is 627. The lowest BCUT2D eigenvalue weighted by molar-refractivity contribution is 0.340. The summed E-state index contributed by atoms with van der Waals surface area (Å²) in [5, 5.41) is 3.36. The molecular weight excluding hydrogens is 300 g/mol. The Kier molecular flexibility index (Phi) is 5.47. The minimum Gasteiger partial charge on any atom is -0.494 e. The predicted octanol–water partition coefficient (Wildman–Crippen LogP) is 4.19. The Morgan fingerprint density at radius 1 is 1.24 bits per heavy atom. The average Bonchev–Trinajstić information content (AvgIpc) is 2.49. The average molecular weight is 318 g/mol. The highest BCUT2D eigenvalue weighted by molar-refractivity contribution is 7.98. The summed E-state index contributed by atoms with van der Waals surface area (Å²) in [5.74, 6) is 0.857. The van der Waals surface area contributed by atoms with Crippen LogP contribution >= 0.6 is 24.0 Å². The van der Waals surface area contributed by atoms with Crippen LogP contribution in [0.5, 0.6) is 5.75 Å². The van der Waals surface area contributed by atoms with Crippen LogP contribution in [0.1, 0.15) is 12.5 Å². The van der Waals surface area contributed by atoms with Crippen LogP contribution < -0.4 is 15.8 Å². The minimum absolute atomic E-state index is 0.397. The number of nitrogens with two attached hydrogens (primary N) is 1. The largest absolute Gasteiger partial charge is 0.494 e. The van der Waals surface area contributed by atoms with Gasteiger partial charge >= 0.3 is 0 Å². The lowest BCUT2D eigenvalue weighted by Gasteiger charge is -2.14. The number of nitrogens with one attached hydrogen (secondary N) is 1. The SMILES string of the molecule is CCOc1ccc(Nc2cccc(SC)c2C(N)=S)cc1. The van der Waals surface area contributed by atoms with Gasteiger partial charge < -0.3 is 15.8 Å². The van der Waals surface area contributed by atoms with Gasteiger partial charge in [-0.3, -0.25) is 0 Å². The second-order valence-corrected chi connectivity index (χ2v) is 5.62. The lowest BCUT2D eigenvalue weighted by atomic mass is 10.1. The van der Waals surface area contributed by atoms with E-state index < -0.39 is 0 Å².